The first-order valence-corrected chi connectivity index (χ1v) is 10.2. The molecular formula is C19H26N2O4S. The quantitative estimate of drug-likeness (QED) is 0.731. The normalized spacial score (nSPS) is 25.3. The van der Waals surface area contributed by atoms with Crippen LogP contribution in [0, 0.1) is 17.8 Å². The molecule has 7 heteroatoms. The van der Waals surface area contributed by atoms with Crippen LogP contribution in [-0.2, 0) is 22.4 Å². The van der Waals surface area contributed by atoms with E-state index in [4.69, 9.17) is 5.73 Å². The fourth-order valence-corrected chi connectivity index (χ4v) is 5.67. The second-order valence-electron chi connectivity index (χ2n) is 7.41. The molecule has 3 rings (SSSR count). The Labute approximate surface area is 157 Å². The summed E-state index contributed by atoms with van der Waals surface area (Å²) in [4.78, 5) is 37.4. The number of nitrogens with two attached hydrogens (primary N) is 1. The molecule has 4 N–H and O–H groups in total. The van der Waals surface area contributed by atoms with Crippen molar-refractivity contribution >= 4 is 34.1 Å². The van der Waals surface area contributed by atoms with Crippen LogP contribution >= 0.6 is 11.3 Å². The molecule has 6 nitrogen and oxygen atoms in total. The lowest BCUT2D eigenvalue weighted by atomic mass is 9.78. The van der Waals surface area contributed by atoms with E-state index in [0.717, 1.165) is 49.0 Å². The van der Waals surface area contributed by atoms with E-state index in [9.17, 15) is 19.5 Å². The molecule has 1 fully saturated rings. The van der Waals surface area contributed by atoms with Crippen LogP contribution in [0.25, 0.3) is 0 Å². The van der Waals surface area contributed by atoms with Crippen LogP contribution in [0.2, 0.25) is 0 Å². The molecule has 142 valence electrons. The third-order valence-corrected chi connectivity index (χ3v) is 7.02. The predicted octanol–water partition coefficient (Wildman–Crippen LogP) is 3.19. The van der Waals surface area contributed by atoms with Gasteiger partial charge in [-0.05, 0) is 43.6 Å². The van der Waals surface area contributed by atoms with Crippen LogP contribution in [0.15, 0.2) is 0 Å². The Kier molecular flexibility index (Phi) is 5.65. The Balaban J connectivity index is 1.85. The van der Waals surface area contributed by atoms with Gasteiger partial charge in [-0.1, -0.05) is 26.2 Å². The summed E-state index contributed by atoms with van der Waals surface area (Å²) in [5.41, 5.74) is 7.00. The number of carbonyl (C=O) groups excluding carboxylic acids is 2. The Morgan fingerprint density at radius 3 is 2.50 bits per heavy atom. The van der Waals surface area contributed by atoms with Gasteiger partial charge in [0.25, 0.3) is 5.91 Å². The molecule has 0 aliphatic heterocycles. The number of thiophene rings is 1. The number of anilines is 1. The lowest BCUT2D eigenvalue weighted by Crippen LogP contribution is -2.36. The molecule has 26 heavy (non-hydrogen) atoms. The summed E-state index contributed by atoms with van der Waals surface area (Å²) in [5, 5.41) is 12.8. The minimum atomic E-state index is -0.920. The van der Waals surface area contributed by atoms with Crippen molar-refractivity contribution in [3.05, 3.63) is 16.0 Å². The second kappa shape index (κ2) is 7.78. The standard InChI is InChI=1S/C19H26N2O4S/c1-2-10-7-8-13-14(9-10)26-18(15(13)16(20)22)21-17(23)11-5-3-4-6-12(11)19(24)25/h10-12H,2-9H2,1H3,(H2,20,22)(H,21,23)(H,24,25)/t10-,11+,12+/m1/s1. The molecule has 0 aromatic carbocycles. The number of primary amides is 1. The van der Waals surface area contributed by atoms with Crippen LogP contribution in [-0.4, -0.2) is 22.9 Å². The van der Waals surface area contributed by atoms with Crippen molar-refractivity contribution < 1.29 is 19.5 Å². The minimum absolute atomic E-state index is 0.301. The van der Waals surface area contributed by atoms with Gasteiger partial charge in [0, 0.05) is 4.88 Å². The van der Waals surface area contributed by atoms with Crippen molar-refractivity contribution in [3.8, 4) is 0 Å². The van der Waals surface area contributed by atoms with Gasteiger partial charge in [-0.2, -0.15) is 0 Å². The molecule has 2 amide bonds. The first-order chi connectivity index (χ1) is 12.4. The molecule has 1 saturated carbocycles. The van der Waals surface area contributed by atoms with Crippen molar-refractivity contribution in [2.45, 2.75) is 58.3 Å². The van der Waals surface area contributed by atoms with E-state index in [1.165, 1.54) is 11.3 Å². The highest BCUT2D eigenvalue weighted by Gasteiger charge is 2.37. The van der Waals surface area contributed by atoms with E-state index in [1.54, 1.807) is 0 Å². The number of hydrogen-bond acceptors (Lipinski definition) is 4. The van der Waals surface area contributed by atoms with Crippen LogP contribution in [0.1, 0.15) is 66.2 Å². The number of carboxylic acids is 1. The number of carbonyl (C=O) groups is 3. The Morgan fingerprint density at radius 1 is 1.19 bits per heavy atom. The number of nitrogens with one attached hydrogen (secondary N) is 1. The predicted molar refractivity (Wildman–Crippen MR) is 100 cm³/mol. The molecule has 0 unspecified atom stereocenters. The number of fused-ring (bicyclic) bond motifs is 1. The van der Waals surface area contributed by atoms with Gasteiger partial charge in [-0.25, -0.2) is 0 Å². The van der Waals surface area contributed by atoms with Crippen LogP contribution < -0.4 is 11.1 Å². The molecule has 0 radical (unpaired) electrons. The van der Waals surface area contributed by atoms with Gasteiger partial charge < -0.3 is 16.2 Å². The highest BCUT2D eigenvalue weighted by Crippen LogP contribution is 2.41. The Hall–Kier alpha value is -1.89. The molecule has 1 aromatic rings. The highest BCUT2D eigenvalue weighted by atomic mass is 32.1. The van der Waals surface area contributed by atoms with Crippen molar-refractivity contribution in [1.29, 1.82) is 0 Å². The molecule has 3 atom stereocenters. The van der Waals surface area contributed by atoms with Gasteiger partial charge in [0.05, 0.1) is 17.4 Å². The summed E-state index contributed by atoms with van der Waals surface area (Å²) in [6.45, 7) is 2.16. The van der Waals surface area contributed by atoms with Gasteiger partial charge in [0.15, 0.2) is 0 Å². The summed E-state index contributed by atoms with van der Waals surface area (Å²) in [7, 11) is 0. The monoisotopic (exact) mass is 378 g/mol. The third-order valence-electron chi connectivity index (χ3n) is 5.85. The maximum atomic E-state index is 12.8. The van der Waals surface area contributed by atoms with E-state index in [0.29, 0.717) is 29.3 Å². The molecule has 1 aromatic heterocycles. The van der Waals surface area contributed by atoms with Crippen LogP contribution in [0.4, 0.5) is 5.00 Å². The fraction of sp³-hybridized carbons (Fsp3) is 0.632. The zero-order chi connectivity index (χ0) is 18.8. The number of hydrogen-bond donors (Lipinski definition) is 3. The maximum Gasteiger partial charge on any atom is 0.307 e. The molecule has 0 spiro atoms. The maximum absolute atomic E-state index is 12.8. The summed E-state index contributed by atoms with van der Waals surface area (Å²) >= 11 is 1.43. The summed E-state index contributed by atoms with van der Waals surface area (Å²) in [5.74, 6) is -2.35. The van der Waals surface area contributed by atoms with Crippen molar-refractivity contribution in [2.75, 3.05) is 5.32 Å². The average molecular weight is 378 g/mol. The number of carboxylic acid groups (broad SMARTS) is 1. The van der Waals surface area contributed by atoms with Gasteiger partial charge >= 0.3 is 5.97 Å². The van der Waals surface area contributed by atoms with Crippen molar-refractivity contribution in [3.63, 3.8) is 0 Å². The largest absolute Gasteiger partial charge is 0.481 e. The number of amides is 2. The summed E-state index contributed by atoms with van der Waals surface area (Å²) in [6, 6.07) is 0. The molecule has 2 aliphatic rings. The van der Waals surface area contributed by atoms with Crippen molar-refractivity contribution in [1.82, 2.24) is 0 Å². The van der Waals surface area contributed by atoms with E-state index in [2.05, 4.69) is 12.2 Å². The Bertz CT molecular complexity index is 727. The Morgan fingerprint density at radius 2 is 1.88 bits per heavy atom. The summed E-state index contributed by atoms with van der Waals surface area (Å²) < 4.78 is 0. The minimum Gasteiger partial charge on any atom is -0.481 e. The van der Waals surface area contributed by atoms with E-state index < -0.39 is 23.7 Å². The van der Waals surface area contributed by atoms with Gasteiger partial charge in [0.1, 0.15) is 5.00 Å². The van der Waals surface area contributed by atoms with Gasteiger partial charge in [-0.3, -0.25) is 14.4 Å². The van der Waals surface area contributed by atoms with Crippen LogP contribution in [0.3, 0.4) is 0 Å². The molecule has 0 saturated heterocycles. The average Bonchev–Trinajstić information content (AvgIpc) is 2.98. The van der Waals surface area contributed by atoms with E-state index >= 15 is 0 Å². The highest BCUT2D eigenvalue weighted by molar-refractivity contribution is 7.17. The van der Waals surface area contributed by atoms with Gasteiger partial charge in [0.2, 0.25) is 5.91 Å². The lowest BCUT2D eigenvalue weighted by Gasteiger charge is -2.27. The summed E-state index contributed by atoms with van der Waals surface area (Å²) in [6.07, 6.45) is 6.61. The van der Waals surface area contributed by atoms with Crippen molar-refractivity contribution in [2.24, 2.45) is 23.5 Å². The van der Waals surface area contributed by atoms with E-state index in [-0.39, 0.29) is 5.91 Å². The smallest absolute Gasteiger partial charge is 0.307 e. The fourth-order valence-electron chi connectivity index (χ4n) is 4.30. The first-order valence-electron chi connectivity index (χ1n) is 9.40. The zero-order valence-electron chi connectivity index (χ0n) is 15.0. The SMILES string of the molecule is CC[C@@H]1CCc2c(sc(NC(=O)[C@H]3CCCC[C@@H]3C(=O)O)c2C(N)=O)C1. The van der Waals surface area contributed by atoms with Crippen LogP contribution in [0.5, 0.6) is 0 Å². The zero-order valence-corrected chi connectivity index (χ0v) is 15.9. The first kappa shape index (κ1) is 18.9. The van der Waals surface area contributed by atoms with Gasteiger partial charge in [-0.15, -0.1) is 11.3 Å². The lowest BCUT2D eigenvalue weighted by molar-refractivity contribution is -0.147. The third kappa shape index (κ3) is 3.63. The van der Waals surface area contributed by atoms with E-state index in [1.807, 2.05) is 0 Å². The number of rotatable bonds is 5. The topological polar surface area (TPSA) is 109 Å². The molecule has 1 heterocycles. The second-order valence-corrected chi connectivity index (χ2v) is 8.52. The molecule has 0 bridgehead atoms. The molecule has 2 aliphatic carbocycles. The number of aliphatic carboxylic acids is 1. The molecular weight excluding hydrogens is 352 g/mol.